The molecule has 0 aliphatic rings. The van der Waals surface area contributed by atoms with Crippen molar-refractivity contribution in [2.45, 2.75) is 45.8 Å². The highest BCUT2D eigenvalue weighted by Gasteiger charge is 2.11. The van der Waals surface area contributed by atoms with Crippen LogP contribution in [0.3, 0.4) is 0 Å². The van der Waals surface area contributed by atoms with Gasteiger partial charge in [-0.1, -0.05) is 13.8 Å². The Bertz CT molecular complexity index is 465. The summed E-state index contributed by atoms with van der Waals surface area (Å²) >= 11 is 0. The van der Waals surface area contributed by atoms with E-state index in [0.29, 0.717) is 0 Å². The van der Waals surface area contributed by atoms with Gasteiger partial charge in [-0.05, 0) is 20.3 Å². The highest BCUT2D eigenvalue weighted by molar-refractivity contribution is 7.84. The molecular formula is C14H26N4OS. The molecule has 1 rings (SSSR count). The van der Waals surface area contributed by atoms with Crippen LogP contribution < -0.4 is 10.6 Å². The van der Waals surface area contributed by atoms with Crippen LogP contribution in [0.25, 0.3) is 0 Å². The van der Waals surface area contributed by atoms with E-state index in [-0.39, 0.29) is 5.25 Å². The summed E-state index contributed by atoms with van der Waals surface area (Å²) in [4.78, 5) is 9.04. The topological polar surface area (TPSA) is 66.9 Å². The molecule has 2 atom stereocenters. The van der Waals surface area contributed by atoms with Crippen molar-refractivity contribution in [1.29, 1.82) is 0 Å². The highest BCUT2D eigenvalue weighted by atomic mass is 32.2. The number of nitrogens with zero attached hydrogens (tertiary/aromatic N) is 2. The van der Waals surface area contributed by atoms with E-state index in [0.717, 1.165) is 49.0 Å². The van der Waals surface area contributed by atoms with E-state index in [1.165, 1.54) is 0 Å². The molecule has 0 saturated carbocycles. The number of hydrogen-bond donors (Lipinski definition) is 2. The highest BCUT2D eigenvalue weighted by Crippen LogP contribution is 2.20. The van der Waals surface area contributed by atoms with E-state index in [4.69, 9.17) is 0 Å². The van der Waals surface area contributed by atoms with Crippen molar-refractivity contribution in [3.63, 3.8) is 0 Å². The van der Waals surface area contributed by atoms with Gasteiger partial charge in [0.15, 0.2) is 0 Å². The summed E-state index contributed by atoms with van der Waals surface area (Å²) in [6.45, 7) is 9.73. The molecule has 1 aromatic rings. The SMILES string of the molecule is CCNc1nc(CC)nc(NCCC(C)S(C)=O)c1C. The van der Waals surface area contributed by atoms with Crippen molar-refractivity contribution in [3.05, 3.63) is 11.4 Å². The summed E-state index contributed by atoms with van der Waals surface area (Å²) in [6, 6.07) is 0. The molecule has 2 N–H and O–H groups in total. The first-order valence-corrected chi connectivity index (χ1v) is 8.79. The van der Waals surface area contributed by atoms with Crippen LogP contribution in [0.15, 0.2) is 0 Å². The molecule has 0 amide bonds. The lowest BCUT2D eigenvalue weighted by Gasteiger charge is -2.15. The molecule has 0 aliphatic heterocycles. The van der Waals surface area contributed by atoms with Gasteiger partial charge in [-0.25, -0.2) is 9.97 Å². The monoisotopic (exact) mass is 298 g/mol. The number of anilines is 2. The Morgan fingerprint density at radius 3 is 2.30 bits per heavy atom. The maximum absolute atomic E-state index is 11.3. The smallest absolute Gasteiger partial charge is 0.134 e. The molecule has 0 radical (unpaired) electrons. The molecule has 0 aromatic carbocycles. The third-order valence-electron chi connectivity index (χ3n) is 3.26. The van der Waals surface area contributed by atoms with Crippen molar-refractivity contribution in [1.82, 2.24) is 9.97 Å². The van der Waals surface area contributed by atoms with Crippen molar-refractivity contribution < 1.29 is 4.21 Å². The number of rotatable bonds is 8. The fourth-order valence-corrected chi connectivity index (χ4v) is 2.24. The lowest BCUT2D eigenvalue weighted by atomic mass is 10.2. The van der Waals surface area contributed by atoms with Crippen LogP contribution in [0, 0.1) is 6.92 Å². The molecule has 5 nitrogen and oxygen atoms in total. The van der Waals surface area contributed by atoms with Crippen LogP contribution in [-0.2, 0) is 17.2 Å². The molecule has 1 heterocycles. The van der Waals surface area contributed by atoms with Gasteiger partial charge in [0.25, 0.3) is 0 Å². The largest absolute Gasteiger partial charge is 0.370 e. The third-order valence-corrected chi connectivity index (χ3v) is 4.63. The minimum Gasteiger partial charge on any atom is -0.370 e. The number of hydrogen-bond acceptors (Lipinski definition) is 5. The first kappa shape index (κ1) is 16.9. The van der Waals surface area contributed by atoms with Crippen LogP contribution >= 0.6 is 0 Å². The van der Waals surface area contributed by atoms with E-state index in [1.807, 2.05) is 20.8 Å². The van der Waals surface area contributed by atoms with Crippen molar-refractivity contribution in [3.8, 4) is 0 Å². The first-order chi connectivity index (χ1) is 9.49. The molecule has 1 aromatic heterocycles. The second-order valence-corrected chi connectivity index (χ2v) is 6.67. The fraction of sp³-hybridized carbons (Fsp3) is 0.714. The zero-order valence-electron chi connectivity index (χ0n) is 13.1. The van der Waals surface area contributed by atoms with Crippen molar-refractivity contribution in [2.75, 3.05) is 30.0 Å². The summed E-state index contributed by atoms with van der Waals surface area (Å²) in [6.07, 6.45) is 3.42. The molecule has 0 aliphatic carbocycles. The minimum absolute atomic E-state index is 0.198. The Hall–Kier alpha value is -1.17. The molecule has 6 heteroatoms. The summed E-state index contributed by atoms with van der Waals surface area (Å²) in [5.74, 6) is 2.61. The fourth-order valence-electron chi connectivity index (χ4n) is 1.79. The van der Waals surface area contributed by atoms with E-state index < -0.39 is 10.8 Å². The summed E-state index contributed by atoms with van der Waals surface area (Å²) in [5.41, 5.74) is 1.04. The lowest BCUT2D eigenvalue weighted by Crippen LogP contribution is -2.17. The van der Waals surface area contributed by atoms with Crippen LogP contribution in [0.2, 0.25) is 0 Å². The van der Waals surface area contributed by atoms with Gasteiger partial charge in [-0.3, -0.25) is 4.21 Å². The second kappa shape index (κ2) is 8.19. The van der Waals surface area contributed by atoms with Gasteiger partial charge < -0.3 is 10.6 Å². The molecule has 0 spiro atoms. The van der Waals surface area contributed by atoms with E-state index in [2.05, 4.69) is 27.5 Å². The van der Waals surface area contributed by atoms with Crippen LogP contribution in [0.5, 0.6) is 0 Å². The summed E-state index contributed by atoms with van der Waals surface area (Å²) in [7, 11) is -0.772. The van der Waals surface area contributed by atoms with Gasteiger partial charge in [0.1, 0.15) is 17.5 Å². The summed E-state index contributed by atoms with van der Waals surface area (Å²) in [5, 5.41) is 6.81. The van der Waals surface area contributed by atoms with Crippen LogP contribution in [0.1, 0.15) is 38.6 Å². The Kier molecular flexibility index (Phi) is 6.91. The quantitative estimate of drug-likeness (QED) is 0.771. The molecule has 114 valence electrons. The molecule has 0 fully saturated rings. The standard InChI is InChI=1S/C14H26N4OS/c1-6-12-17-13(15-7-2)11(4)14(18-12)16-9-8-10(3)20(5)19/h10H,6-9H2,1-5H3,(H2,15,16,17,18). The van der Waals surface area contributed by atoms with Gasteiger partial charge in [-0.2, -0.15) is 0 Å². The minimum atomic E-state index is -0.772. The molecule has 20 heavy (non-hydrogen) atoms. The Balaban J connectivity index is 2.77. The molecular weight excluding hydrogens is 272 g/mol. The average Bonchev–Trinajstić information content (AvgIpc) is 2.42. The zero-order valence-corrected chi connectivity index (χ0v) is 13.9. The van der Waals surface area contributed by atoms with E-state index in [1.54, 1.807) is 6.26 Å². The number of nitrogens with one attached hydrogen (secondary N) is 2. The Labute approximate surface area is 124 Å². The van der Waals surface area contributed by atoms with Crippen LogP contribution in [0.4, 0.5) is 11.6 Å². The molecule has 0 bridgehead atoms. The zero-order chi connectivity index (χ0) is 15.1. The van der Waals surface area contributed by atoms with Gasteiger partial charge in [0, 0.05) is 47.4 Å². The van der Waals surface area contributed by atoms with Crippen molar-refractivity contribution in [2.24, 2.45) is 0 Å². The predicted molar refractivity (Wildman–Crippen MR) is 86.9 cm³/mol. The molecule has 0 saturated heterocycles. The number of aryl methyl sites for hydroxylation is 1. The van der Waals surface area contributed by atoms with E-state index in [9.17, 15) is 4.21 Å². The Morgan fingerprint density at radius 1 is 1.20 bits per heavy atom. The van der Waals surface area contributed by atoms with Crippen LogP contribution in [-0.4, -0.2) is 38.8 Å². The van der Waals surface area contributed by atoms with Gasteiger partial charge in [0.2, 0.25) is 0 Å². The van der Waals surface area contributed by atoms with Gasteiger partial charge in [-0.15, -0.1) is 0 Å². The number of aromatic nitrogens is 2. The predicted octanol–water partition coefficient (Wildman–Crippen LogP) is 2.35. The Morgan fingerprint density at radius 2 is 1.80 bits per heavy atom. The van der Waals surface area contributed by atoms with Gasteiger partial charge in [0.05, 0.1) is 0 Å². The average molecular weight is 298 g/mol. The second-order valence-electron chi connectivity index (χ2n) is 4.87. The molecule has 2 unspecified atom stereocenters. The van der Waals surface area contributed by atoms with Gasteiger partial charge >= 0.3 is 0 Å². The maximum Gasteiger partial charge on any atom is 0.134 e. The van der Waals surface area contributed by atoms with E-state index >= 15 is 0 Å². The normalized spacial score (nSPS) is 13.8. The third kappa shape index (κ3) is 4.74. The summed E-state index contributed by atoms with van der Waals surface area (Å²) < 4.78 is 11.3. The lowest BCUT2D eigenvalue weighted by molar-refractivity contribution is 0.672. The van der Waals surface area contributed by atoms with Crippen molar-refractivity contribution >= 4 is 22.4 Å². The first-order valence-electron chi connectivity index (χ1n) is 7.17. The maximum atomic E-state index is 11.3.